The smallest absolute Gasteiger partial charge is 0.223 e. The van der Waals surface area contributed by atoms with Crippen molar-refractivity contribution in [1.29, 1.82) is 0 Å². The average molecular weight is 392 g/mol. The molecule has 1 aliphatic carbocycles. The number of aromatic nitrogens is 1. The minimum atomic E-state index is 0.188. The average Bonchev–Trinajstić information content (AvgIpc) is 3.50. The zero-order chi connectivity index (χ0) is 20.0. The first-order valence-corrected chi connectivity index (χ1v) is 10.8. The number of hydrogen-bond acceptors (Lipinski definition) is 4. The molecule has 1 N–H and O–H groups in total. The van der Waals surface area contributed by atoms with Crippen molar-refractivity contribution in [2.45, 2.75) is 58.3 Å². The van der Waals surface area contributed by atoms with Gasteiger partial charge in [0.1, 0.15) is 0 Å². The van der Waals surface area contributed by atoms with Gasteiger partial charge in [-0.1, -0.05) is 6.07 Å². The highest BCUT2D eigenvalue weighted by atomic mass is 16.5. The van der Waals surface area contributed by atoms with Crippen molar-refractivity contribution in [3.05, 3.63) is 47.3 Å². The summed E-state index contributed by atoms with van der Waals surface area (Å²) in [5.74, 6) is 0.412. The van der Waals surface area contributed by atoms with Crippen LogP contribution in [-0.2, 0) is 16.1 Å². The summed E-state index contributed by atoms with van der Waals surface area (Å²) < 4.78 is 6.01. The van der Waals surface area contributed by atoms with Crippen LogP contribution in [0.5, 0.6) is 0 Å². The number of morpholine rings is 1. The van der Waals surface area contributed by atoms with Crippen molar-refractivity contribution in [2.24, 2.45) is 5.92 Å². The van der Waals surface area contributed by atoms with Crippen molar-refractivity contribution in [1.82, 2.24) is 10.3 Å². The number of nitrogens with one attached hydrogen (secondary N) is 1. The van der Waals surface area contributed by atoms with E-state index in [0.29, 0.717) is 18.8 Å². The van der Waals surface area contributed by atoms with E-state index in [0.717, 1.165) is 37.3 Å². The van der Waals surface area contributed by atoms with Crippen molar-refractivity contribution in [3.63, 3.8) is 0 Å². The summed E-state index contributed by atoms with van der Waals surface area (Å²) >= 11 is 0. The van der Waals surface area contributed by atoms with Crippen LogP contribution in [0.15, 0.2) is 30.3 Å². The predicted molar refractivity (Wildman–Crippen MR) is 114 cm³/mol. The molecule has 2 aliphatic heterocycles. The van der Waals surface area contributed by atoms with E-state index in [-0.39, 0.29) is 11.8 Å². The number of carbonyl (C=O) groups is 1. The number of pyridine rings is 1. The number of benzene rings is 1. The highest BCUT2D eigenvalue weighted by molar-refractivity contribution is 5.81. The summed E-state index contributed by atoms with van der Waals surface area (Å²) in [7, 11) is 0. The monoisotopic (exact) mass is 391 g/mol. The normalized spacial score (nSPS) is 23.3. The van der Waals surface area contributed by atoms with Gasteiger partial charge in [0.2, 0.25) is 5.91 Å². The molecular formula is C24H29N3O2. The maximum Gasteiger partial charge on any atom is 0.223 e. The molecule has 5 heteroatoms. The molecule has 1 aromatic carbocycles. The molecule has 3 aliphatic rings. The Morgan fingerprint density at radius 1 is 1.07 bits per heavy atom. The standard InChI is InChI=1S/C24H29N3O2/c1-15-9-18(10-16(2)26-15)23-8-5-20(27-13-21-6-7-22(14-27)29-21)11-19(23)12-25-24(28)17-3-4-17/h5,8-11,17,21-22H,3-4,6-7,12-14H2,1-2H3,(H,25,28). The van der Waals surface area contributed by atoms with Gasteiger partial charge in [-0.25, -0.2) is 0 Å². The molecule has 0 spiro atoms. The Bertz CT molecular complexity index is 905. The topological polar surface area (TPSA) is 54.5 Å². The molecule has 1 amide bonds. The van der Waals surface area contributed by atoms with Crippen LogP contribution < -0.4 is 10.2 Å². The number of anilines is 1. The van der Waals surface area contributed by atoms with E-state index in [2.05, 4.69) is 45.5 Å². The van der Waals surface area contributed by atoms with E-state index >= 15 is 0 Å². The number of carbonyl (C=O) groups excluding carboxylic acids is 1. The molecule has 5 rings (SSSR count). The van der Waals surface area contributed by atoms with Gasteiger partial charge in [-0.3, -0.25) is 9.78 Å². The number of aryl methyl sites for hydroxylation is 2. The Labute approximate surface area is 172 Å². The fraction of sp³-hybridized carbons (Fsp3) is 0.500. The fourth-order valence-electron chi connectivity index (χ4n) is 4.69. The van der Waals surface area contributed by atoms with Crippen LogP contribution in [-0.4, -0.2) is 36.2 Å². The van der Waals surface area contributed by atoms with E-state index in [1.807, 2.05) is 13.8 Å². The summed E-state index contributed by atoms with van der Waals surface area (Å²) in [4.78, 5) is 19.2. The van der Waals surface area contributed by atoms with Gasteiger partial charge in [-0.15, -0.1) is 0 Å². The number of amides is 1. The lowest BCUT2D eigenvalue weighted by molar-refractivity contribution is -0.122. The Morgan fingerprint density at radius 2 is 1.76 bits per heavy atom. The second-order valence-electron chi connectivity index (χ2n) is 8.83. The molecule has 2 saturated heterocycles. The van der Waals surface area contributed by atoms with Crippen molar-refractivity contribution < 1.29 is 9.53 Å². The Hall–Kier alpha value is -2.40. The van der Waals surface area contributed by atoms with Gasteiger partial charge in [0.05, 0.1) is 12.2 Å². The predicted octanol–water partition coefficient (Wildman–Crippen LogP) is 3.76. The number of hydrogen-bond donors (Lipinski definition) is 1. The third-order valence-electron chi connectivity index (χ3n) is 6.29. The molecule has 2 unspecified atom stereocenters. The highest BCUT2D eigenvalue weighted by Gasteiger charge is 2.34. The third kappa shape index (κ3) is 4.01. The molecule has 3 heterocycles. The van der Waals surface area contributed by atoms with Gasteiger partial charge >= 0.3 is 0 Å². The largest absolute Gasteiger partial charge is 0.371 e. The molecule has 1 aromatic heterocycles. The first-order chi connectivity index (χ1) is 14.0. The number of fused-ring (bicyclic) bond motifs is 2. The first kappa shape index (κ1) is 18.6. The Morgan fingerprint density at radius 3 is 2.41 bits per heavy atom. The second-order valence-corrected chi connectivity index (χ2v) is 8.83. The van der Waals surface area contributed by atoms with Crippen LogP contribution >= 0.6 is 0 Å². The van der Waals surface area contributed by atoms with E-state index in [4.69, 9.17) is 4.74 Å². The van der Waals surface area contributed by atoms with Crippen LogP contribution in [0.1, 0.15) is 42.6 Å². The number of rotatable bonds is 5. The van der Waals surface area contributed by atoms with Gasteiger partial charge in [-0.05, 0) is 80.5 Å². The first-order valence-electron chi connectivity index (χ1n) is 10.8. The van der Waals surface area contributed by atoms with Crippen LogP contribution in [0.4, 0.5) is 5.69 Å². The maximum absolute atomic E-state index is 12.3. The van der Waals surface area contributed by atoms with Crippen LogP contribution in [0.3, 0.4) is 0 Å². The van der Waals surface area contributed by atoms with Crippen LogP contribution in [0.25, 0.3) is 11.1 Å². The molecule has 3 fully saturated rings. The SMILES string of the molecule is Cc1cc(-c2ccc(N3CC4CCC(C3)O4)cc2CNC(=O)C2CC2)cc(C)n1. The van der Waals surface area contributed by atoms with E-state index < -0.39 is 0 Å². The van der Waals surface area contributed by atoms with E-state index in [1.165, 1.54) is 35.2 Å². The summed E-state index contributed by atoms with van der Waals surface area (Å²) in [6.07, 6.45) is 5.10. The minimum Gasteiger partial charge on any atom is -0.371 e. The molecule has 2 atom stereocenters. The van der Waals surface area contributed by atoms with Gasteiger partial charge in [0.15, 0.2) is 0 Å². The van der Waals surface area contributed by atoms with E-state index in [9.17, 15) is 4.79 Å². The summed E-state index contributed by atoms with van der Waals surface area (Å²) in [5.41, 5.74) is 6.77. The summed E-state index contributed by atoms with van der Waals surface area (Å²) in [6.45, 7) is 6.54. The van der Waals surface area contributed by atoms with Crippen LogP contribution in [0.2, 0.25) is 0 Å². The Balaban J connectivity index is 1.46. The van der Waals surface area contributed by atoms with Gasteiger partial charge in [0, 0.05) is 42.6 Å². The molecule has 0 radical (unpaired) electrons. The highest BCUT2D eigenvalue weighted by Crippen LogP contribution is 2.34. The zero-order valence-electron chi connectivity index (χ0n) is 17.3. The van der Waals surface area contributed by atoms with Crippen molar-refractivity contribution in [3.8, 4) is 11.1 Å². The molecule has 152 valence electrons. The minimum absolute atomic E-state index is 0.188. The number of nitrogens with zero attached hydrogens (tertiary/aromatic N) is 2. The van der Waals surface area contributed by atoms with Gasteiger partial charge in [-0.2, -0.15) is 0 Å². The summed E-state index contributed by atoms with van der Waals surface area (Å²) in [6, 6.07) is 10.9. The second kappa shape index (κ2) is 7.45. The quantitative estimate of drug-likeness (QED) is 0.843. The molecule has 29 heavy (non-hydrogen) atoms. The lowest BCUT2D eigenvalue weighted by atomic mass is 9.97. The van der Waals surface area contributed by atoms with Gasteiger partial charge in [0.25, 0.3) is 0 Å². The van der Waals surface area contributed by atoms with E-state index in [1.54, 1.807) is 0 Å². The fourth-order valence-corrected chi connectivity index (χ4v) is 4.69. The van der Waals surface area contributed by atoms with Crippen molar-refractivity contribution in [2.75, 3.05) is 18.0 Å². The summed E-state index contributed by atoms with van der Waals surface area (Å²) in [5, 5.41) is 3.16. The molecule has 2 bridgehead atoms. The molecular weight excluding hydrogens is 362 g/mol. The maximum atomic E-state index is 12.3. The number of ether oxygens (including phenoxy) is 1. The lowest BCUT2D eigenvalue weighted by Gasteiger charge is -2.34. The zero-order valence-corrected chi connectivity index (χ0v) is 17.3. The third-order valence-corrected chi connectivity index (χ3v) is 6.29. The van der Waals surface area contributed by atoms with Crippen molar-refractivity contribution >= 4 is 11.6 Å². The Kier molecular flexibility index (Phi) is 4.78. The van der Waals surface area contributed by atoms with Gasteiger partial charge < -0.3 is 15.0 Å². The van der Waals surface area contributed by atoms with Crippen LogP contribution in [0, 0.1) is 19.8 Å². The lowest BCUT2D eigenvalue weighted by Crippen LogP contribution is -2.42. The molecule has 1 saturated carbocycles. The molecule has 2 aromatic rings. The molecule has 5 nitrogen and oxygen atoms in total.